The van der Waals surface area contributed by atoms with Gasteiger partial charge in [0.2, 0.25) is 5.91 Å². The molecule has 1 aromatic heterocycles. The van der Waals surface area contributed by atoms with Gasteiger partial charge in [0.25, 0.3) is 5.91 Å². The molecule has 1 aliphatic rings. The molecule has 5 heteroatoms. The number of imide groups is 1. The zero-order valence-corrected chi connectivity index (χ0v) is 7.94. The summed E-state index contributed by atoms with van der Waals surface area (Å²) in [6.45, 7) is 0.374. The molecule has 15 heavy (non-hydrogen) atoms. The van der Waals surface area contributed by atoms with Crippen molar-refractivity contribution in [1.29, 1.82) is 0 Å². The smallest absolute Gasteiger partial charge is 0.263 e. The fourth-order valence-corrected chi connectivity index (χ4v) is 1.56. The van der Waals surface area contributed by atoms with Crippen LogP contribution in [0.4, 0.5) is 4.39 Å². The number of carbonyl (C=O) groups is 2. The second-order valence-corrected chi connectivity index (χ2v) is 3.31. The lowest BCUT2D eigenvalue weighted by Gasteiger charge is -2.13. The molecule has 0 aliphatic carbocycles. The molecule has 0 spiro atoms. The van der Waals surface area contributed by atoms with E-state index in [1.165, 1.54) is 12.3 Å². The maximum atomic E-state index is 13.2. The summed E-state index contributed by atoms with van der Waals surface area (Å²) in [6, 6.07) is 1.28. The molecule has 2 amide bonds. The van der Waals surface area contributed by atoms with E-state index in [0.29, 0.717) is 19.4 Å². The molecule has 0 unspecified atom stereocenters. The van der Waals surface area contributed by atoms with Crippen LogP contribution in [0.15, 0.2) is 18.5 Å². The molecule has 0 aromatic carbocycles. The van der Waals surface area contributed by atoms with E-state index >= 15 is 0 Å². The van der Waals surface area contributed by atoms with Gasteiger partial charge in [-0.2, -0.15) is 0 Å². The molecule has 0 atom stereocenters. The van der Waals surface area contributed by atoms with Gasteiger partial charge in [0.1, 0.15) is 0 Å². The molecule has 0 saturated carbocycles. The minimum absolute atomic E-state index is 0.0970. The Morgan fingerprint density at radius 1 is 1.53 bits per heavy atom. The number of amides is 2. The first-order valence-corrected chi connectivity index (χ1v) is 4.64. The van der Waals surface area contributed by atoms with Crippen LogP contribution >= 0.6 is 0 Å². The van der Waals surface area contributed by atoms with Gasteiger partial charge in [0.15, 0.2) is 5.82 Å². The van der Waals surface area contributed by atoms with Gasteiger partial charge in [-0.1, -0.05) is 0 Å². The van der Waals surface area contributed by atoms with Crippen LogP contribution in [0.2, 0.25) is 0 Å². The molecule has 78 valence electrons. The van der Waals surface area contributed by atoms with Crippen molar-refractivity contribution in [3.8, 4) is 0 Å². The third kappa shape index (κ3) is 1.72. The molecule has 4 nitrogen and oxygen atoms in total. The zero-order valence-electron chi connectivity index (χ0n) is 7.94. The van der Waals surface area contributed by atoms with Crippen LogP contribution in [0.3, 0.4) is 0 Å². The lowest BCUT2D eigenvalue weighted by atomic mass is 10.2. The normalized spacial score (nSPS) is 15.8. The third-order valence-electron chi connectivity index (χ3n) is 2.32. The Bertz CT molecular complexity index is 420. The second-order valence-electron chi connectivity index (χ2n) is 3.31. The topological polar surface area (TPSA) is 50.3 Å². The summed E-state index contributed by atoms with van der Waals surface area (Å²) in [5, 5.41) is 0. The number of hydrogen-bond acceptors (Lipinski definition) is 3. The Morgan fingerprint density at radius 2 is 2.33 bits per heavy atom. The van der Waals surface area contributed by atoms with Crippen LogP contribution in [0.5, 0.6) is 0 Å². The monoisotopic (exact) mass is 208 g/mol. The van der Waals surface area contributed by atoms with Crippen molar-refractivity contribution in [2.75, 3.05) is 6.54 Å². The summed E-state index contributed by atoms with van der Waals surface area (Å²) in [5.74, 6) is -1.50. The van der Waals surface area contributed by atoms with E-state index in [4.69, 9.17) is 0 Å². The van der Waals surface area contributed by atoms with Crippen molar-refractivity contribution in [2.45, 2.75) is 12.8 Å². The number of carbonyl (C=O) groups excluding carboxylic acids is 2. The molecule has 2 rings (SSSR count). The number of rotatable bonds is 1. The van der Waals surface area contributed by atoms with Crippen LogP contribution in [0, 0.1) is 5.82 Å². The Labute approximate surface area is 85.7 Å². The van der Waals surface area contributed by atoms with Gasteiger partial charge in [-0.15, -0.1) is 0 Å². The summed E-state index contributed by atoms with van der Waals surface area (Å²) in [4.78, 5) is 27.6. The zero-order chi connectivity index (χ0) is 10.8. The molecule has 0 radical (unpaired) electrons. The van der Waals surface area contributed by atoms with Crippen molar-refractivity contribution >= 4 is 11.8 Å². The highest BCUT2D eigenvalue weighted by Gasteiger charge is 2.28. The first-order chi connectivity index (χ1) is 7.20. The minimum Gasteiger partial charge on any atom is -0.278 e. The van der Waals surface area contributed by atoms with Crippen LogP contribution in [0.25, 0.3) is 0 Å². The largest absolute Gasteiger partial charge is 0.278 e. The predicted molar refractivity (Wildman–Crippen MR) is 49.5 cm³/mol. The van der Waals surface area contributed by atoms with Crippen molar-refractivity contribution in [3.63, 3.8) is 0 Å². The average Bonchev–Trinajstić information content (AvgIpc) is 2.64. The fourth-order valence-electron chi connectivity index (χ4n) is 1.56. The maximum Gasteiger partial charge on any atom is 0.263 e. The van der Waals surface area contributed by atoms with Gasteiger partial charge in [0, 0.05) is 19.2 Å². The predicted octanol–water partition coefficient (Wildman–Crippen LogP) is 0.983. The number of halogens is 1. The van der Waals surface area contributed by atoms with Crippen molar-refractivity contribution < 1.29 is 14.0 Å². The molecule has 0 N–H and O–H groups in total. The molecule has 0 bridgehead atoms. The van der Waals surface area contributed by atoms with Gasteiger partial charge in [-0.25, -0.2) is 4.39 Å². The van der Waals surface area contributed by atoms with Crippen molar-refractivity contribution in [3.05, 3.63) is 29.8 Å². The first-order valence-electron chi connectivity index (χ1n) is 4.64. The highest BCUT2D eigenvalue weighted by atomic mass is 19.1. The Kier molecular flexibility index (Phi) is 2.45. The van der Waals surface area contributed by atoms with Gasteiger partial charge >= 0.3 is 0 Å². The summed E-state index contributed by atoms with van der Waals surface area (Å²) in [7, 11) is 0. The van der Waals surface area contributed by atoms with E-state index in [2.05, 4.69) is 4.98 Å². The minimum atomic E-state index is -0.692. The van der Waals surface area contributed by atoms with E-state index in [9.17, 15) is 14.0 Å². The molecule has 1 aromatic rings. The summed E-state index contributed by atoms with van der Waals surface area (Å²) >= 11 is 0. The summed E-state index contributed by atoms with van der Waals surface area (Å²) < 4.78 is 13.2. The summed E-state index contributed by atoms with van der Waals surface area (Å²) in [6.07, 6.45) is 3.31. The number of nitrogens with zero attached hydrogens (tertiary/aromatic N) is 2. The Hall–Kier alpha value is -1.78. The second kappa shape index (κ2) is 3.76. The lowest BCUT2D eigenvalue weighted by molar-refractivity contribution is -0.125. The van der Waals surface area contributed by atoms with Crippen LogP contribution in [0.1, 0.15) is 23.2 Å². The number of pyridine rings is 1. The van der Waals surface area contributed by atoms with Crippen molar-refractivity contribution in [2.24, 2.45) is 0 Å². The molecule has 1 saturated heterocycles. The van der Waals surface area contributed by atoms with Gasteiger partial charge in [0.05, 0.1) is 11.8 Å². The first kappa shape index (κ1) is 9.76. The standard InChI is InChI=1S/C10H9FN2O2/c11-8-6-12-4-3-7(8)10(15)13-5-1-2-9(13)14/h3-4,6H,1-2,5H2. The van der Waals surface area contributed by atoms with Gasteiger partial charge in [-0.3, -0.25) is 19.5 Å². The molecule has 2 heterocycles. The SMILES string of the molecule is O=C1CCCN1C(=O)c1ccncc1F. The molecule has 1 fully saturated rings. The van der Waals surface area contributed by atoms with E-state index in [1.54, 1.807) is 0 Å². The van der Waals surface area contributed by atoms with Crippen LogP contribution < -0.4 is 0 Å². The van der Waals surface area contributed by atoms with Crippen LogP contribution in [-0.4, -0.2) is 28.2 Å². The van der Waals surface area contributed by atoms with Gasteiger partial charge in [-0.05, 0) is 12.5 Å². The maximum absolute atomic E-state index is 13.2. The summed E-state index contributed by atoms with van der Waals surface area (Å²) in [5.41, 5.74) is -0.0970. The van der Waals surface area contributed by atoms with E-state index in [-0.39, 0.29) is 11.5 Å². The van der Waals surface area contributed by atoms with Crippen LogP contribution in [-0.2, 0) is 4.79 Å². The highest BCUT2D eigenvalue weighted by Crippen LogP contribution is 2.15. The highest BCUT2D eigenvalue weighted by molar-refractivity contribution is 6.05. The lowest BCUT2D eigenvalue weighted by Crippen LogP contribution is -2.32. The molecule has 1 aliphatic heterocycles. The molecular formula is C10H9FN2O2. The van der Waals surface area contributed by atoms with E-state index < -0.39 is 11.7 Å². The number of aromatic nitrogens is 1. The number of hydrogen-bond donors (Lipinski definition) is 0. The van der Waals surface area contributed by atoms with Gasteiger partial charge < -0.3 is 0 Å². The molecular weight excluding hydrogens is 199 g/mol. The third-order valence-corrected chi connectivity index (χ3v) is 2.32. The quantitative estimate of drug-likeness (QED) is 0.646. The number of likely N-dealkylation sites (tertiary alicyclic amines) is 1. The van der Waals surface area contributed by atoms with E-state index in [0.717, 1.165) is 11.1 Å². The van der Waals surface area contributed by atoms with Crippen molar-refractivity contribution in [1.82, 2.24) is 9.88 Å². The Balaban J connectivity index is 2.28. The average molecular weight is 208 g/mol. The Morgan fingerprint density at radius 3 is 2.93 bits per heavy atom. The van der Waals surface area contributed by atoms with E-state index in [1.807, 2.05) is 0 Å². The fraction of sp³-hybridized carbons (Fsp3) is 0.300.